The molecule has 0 saturated carbocycles. The van der Waals surface area contributed by atoms with Gasteiger partial charge in [0.15, 0.2) is 0 Å². The molecule has 25 heavy (non-hydrogen) atoms. The molecule has 0 bridgehead atoms. The Bertz CT molecular complexity index is 372. The van der Waals surface area contributed by atoms with Gasteiger partial charge in [-0.25, -0.2) is 4.79 Å². The fraction of sp³-hybridized carbons (Fsp3) is 0.947. The first-order valence-corrected chi connectivity index (χ1v) is 10.1. The van der Waals surface area contributed by atoms with Gasteiger partial charge in [-0.2, -0.15) is 0 Å². The Morgan fingerprint density at radius 2 is 1.52 bits per heavy atom. The summed E-state index contributed by atoms with van der Waals surface area (Å²) >= 11 is 0. The summed E-state index contributed by atoms with van der Waals surface area (Å²) in [6, 6.07) is 0.156. The molecule has 0 aliphatic carbocycles. The maximum Gasteiger partial charge on any atom is 0.315 e. The normalized spacial score (nSPS) is 22.2. The molecular weight excluding hydrogens is 314 g/mol. The van der Waals surface area contributed by atoms with Crippen LogP contribution in [0.25, 0.3) is 0 Å². The van der Waals surface area contributed by atoms with E-state index < -0.39 is 0 Å². The van der Waals surface area contributed by atoms with Crippen molar-refractivity contribution in [3.8, 4) is 0 Å². The van der Waals surface area contributed by atoms with Crippen molar-refractivity contribution in [1.29, 1.82) is 0 Å². The number of carbonyl (C=O) groups is 1. The number of urea groups is 1. The Hall–Kier alpha value is -0.850. The highest BCUT2D eigenvalue weighted by Crippen LogP contribution is 2.23. The molecule has 148 valence electrons. The molecule has 0 atom stereocenters. The summed E-state index contributed by atoms with van der Waals surface area (Å²) in [6.07, 6.45) is 2.06. The van der Waals surface area contributed by atoms with E-state index in [2.05, 4.69) is 39.3 Å². The molecule has 0 radical (unpaired) electrons. The number of carbonyl (C=O) groups excluding carboxylic acids is 1. The van der Waals surface area contributed by atoms with Crippen LogP contribution in [0, 0.1) is 0 Å². The third-order valence-corrected chi connectivity index (χ3v) is 5.18. The monoisotopic (exact) mass is 355 g/mol. The van der Waals surface area contributed by atoms with Crippen LogP contribution in [0.4, 0.5) is 4.79 Å². The second kappa shape index (κ2) is 11.0. The maximum absolute atomic E-state index is 12.3. The zero-order valence-corrected chi connectivity index (χ0v) is 17.4. The lowest BCUT2D eigenvalue weighted by molar-refractivity contribution is 0.0755. The van der Waals surface area contributed by atoms with E-state index in [-0.39, 0.29) is 17.6 Å². The van der Waals surface area contributed by atoms with Gasteiger partial charge in [-0.1, -0.05) is 20.8 Å². The second-order valence-electron chi connectivity index (χ2n) is 7.55. The van der Waals surface area contributed by atoms with Gasteiger partial charge < -0.3 is 20.4 Å². The first kappa shape index (κ1) is 22.2. The summed E-state index contributed by atoms with van der Waals surface area (Å²) in [7, 11) is 2.16. The van der Waals surface area contributed by atoms with Crippen molar-refractivity contribution >= 4 is 6.03 Å². The van der Waals surface area contributed by atoms with E-state index >= 15 is 0 Å². The van der Waals surface area contributed by atoms with Crippen molar-refractivity contribution in [2.45, 2.75) is 59.0 Å². The quantitative estimate of drug-likeness (QED) is 0.790. The third kappa shape index (κ3) is 7.50. The van der Waals surface area contributed by atoms with E-state index in [0.29, 0.717) is 0 Å². The summed E-state index contributed by atoms with van der Waals surface area (Å²) in [5.74, 6) is 0. The second-order valence-corrected chi connectivity index (χ2v) is 7.55. The van der Waals surface area contributed by atoms with Crippen molar-refractivity contribution in [1.82, 2.24) is 25.3 Å². The predicted octanol–water partition coefficient (Wildman–Crippen LogP) is 1.82. The number of hydrogen-bond acceptors (Lipinski definition) is 4. The lowest BCUT2D eigenvalue weighted by atomic mass is 9.86. The van der Waals surface area contributed by atoms with Crippen molar-refractivity contribution < 1.29 is 4.79 Å². The van der Waals surface area contributed by atoms with E-state index in [1.165, 1.54) is 0 Å². The number of likely N-dealkylation sites (N-methyl/N-ethyl adjacent to an activating group) is 1. The number of nitrogens with one attached hydrogen (secondary N) is 2. The maximum atomic E-state index is 12.3. The molecule has 2 saturated heterocycles. The predicted molar refractivity (Wildman–Crippen MR) is 106 cm³/mol. The number of piperazine rings is 1. The van der Waals surface area contributed by atoms with Gasteiger partial charge in [0.25, 0.3) is 0 Å². The third-order valence-electron chi connectivity index (χ3n) is 5.18. The summed E-state index contributed by atoms with van der Waals surface area (Å²) in [5, 5.41) is 6.31. The van der Waals surface area contributed by atoms with Crippen LogP contribution in [0.3, 0.4) is 0 Å². The zero-order chi connectivity index (χ0) is 18.9. The minimum Gasteiger partial charge on any atom is -0.336 e. The van der Waals surface area contributed by atoms with Gasteiger partial charge in [0, 0.05) is 51.9 Å². The highest BCUT2D eigenvalue weighted by molar-refractivity contribution is 5.75. The number of rotatable bonds is 5. The van der Waals surface area contributed by atoms with Crippen LogP contribution in [0.5, 0.6) is 0 Å². The van der Waals surface area contributed by atoms with E-state index in [1.807, 2.05) is 27.7 Å². The van der Waals surface area contributed by atoms with Crippen LogP contribution in [0.1, 0.15) is 47.5 Å². The lowest BCUT2D eigenvalue weighted by Crippen LogP contribution is -2.63. The summed E-state index contributed by atoms with van der Waals surface area (Å²) in [4.78, 5) is 19.7. The van der Waals surface area contributed by atoms with Gasteiger partial charge in [0.05, 0.1) is 5.54 Å². The summed E-state index contributed by atoms with van der Waals surface area (Å²) in [5.41, 5.74) is -0.0835. The zero-order valence-electron chi connectivity index (χ0n) is 17.4. The molecule has 0 aromatic carbocycles. The van der Waals surface area contributed by atoms with Gasteiger partial charge >= 0.3 is 6.03 Å². The van der Waals surface area contributed by atoms with Crippen LogP contribution in [0.2, 0.25) is 0 Å². The Labute approximate surface area is 155 Å². The smallest absolute Gasteiger partial charge is 0.315 e. The minimum atomic E-state index is -0.0835. The number of hydrogen-bond donors (Lipinski definition) is 2. The van der Waals surface area contributed by atoms with Gasteiger partial charge in [0.1, 0.15) is 0 Å². The first-order chi connectivity index (χ1) is 11.9. The standard InChI is InChI=1S/C17H35N5O.C2H6/c1-5-21-10-12-22(13-11-21)14-17(6-8-20(4)9-7-17)19-16(23)18-15(2)3;1-2/h15H,5-14H2,1-4H3,(H2,18,19,23);1-2H3. The average molecular weight is 356 g/mol. The molecule has 2 amide bonds. The topological polar surface area (TPSA) is 50.9 Å². The van der Waals surface area contributed by atoms with Crippen molar-refractivity contribution in [2.75, 3.05) is 59.4 Å². The van der Waals surface area contributed by atoms with Crippen molar-refractivity contribution in [3.63, 3.8) is 0 Å². The van der Waals surface area contributed by atoms with Gasteiger partial charge in [-0.15, -0.1) is 0 Å². The van der Waals surface area contributed by atoms with E-state index in [1.54, 1.807) is 0 Å². The Kier molecular flexibility index (Phi) is 9.75. The molecule has 0 spiro atoms. The molecule has 2 N–H and O–H groups in total. The van der Waals surface area contributed by atoms with E-state index in [9.17, 15) is 4.79 Å². The Morgan fingerprint density at radius 3 is 2.00 bits per heavy atom. The number of piperidine rings is 1. The lowest BCUT2D eigenvalue weighted by Gasteiger charge is -2.46. The molecule has 2 aliphatic rings. The summed E-state index contributed by atoms with van der Waals surface area (Å²) in [6.45, 7) is 19.0. The van der Waals surface area contributed by atoms with Gasteiger partial charge in [-0.3, -0.25) is 4.90 Å². The molecule has 0 unspecified atom stereocenters. The van der Waals surface area contributed by atoms with Crippen molar-refractivity contribution in [3.05, 3.63) is 0 Å². The molecule has 6 heteroatoms. The minimum absolute atomic E-state index is 0.0169. The van der Waals surface area contributed by atoms with Gasteiger partial charge in [0.2, 0.25) is 0 Å². The molecule has 0 aromatic heterocycles. The first-order valence-electron chi connectivity index (χ1n) is 10.1. The number of nitrogens with zero attached hydrogens (tertiary/aromatic N) is 3. The molecule has 2 fully saturated rings. The van der Waals surface area contributed by atoms with Crippen LogP contribution in [-0.4, -0.2) is 91.7 Å². The molecule has 2 aliphatic heterocycles. The molecule has 0 aromatic rings. The fourth-order valence-electron chi connectivity index (χ4n) is 3.60. The average Bonchev–Trinajstić information content (AvgIpc) is 2.59. The largest absolute Gasteiger partial charge is 0.336 e. The SMILES string of the molecule is CC.CCN1CCN(CC2(NC(=O)NC(C)C)CCN(C)CC2)CC1. The highest BCUT2D eigenvalue weighted by atomic mass is 16.2. The van der Waals surface area contributed by atoms with Crippen LogP contribution < -0.4 is 10.6 Å². The highest BCUT2D eigenvalue weighted by Gasteiger charge is 2.37. The number of likely N-dealkylation sites (tertiary alicyclic amines) is 1. The van der Waals surface area contributed by atoms with Crippen molar-refractivity contribution in [2.24, 2.45) is 0 Å². The molecule has 2 rings (SSSR count). The van der Waals surface area contributed by atoms with E-state index in [4.69, 9.17) is 0 Å². The Morgan fingerprint density at radius 1 is 1.00 bits per heavy atom. The van der Waals surface area contributed by atoms with Crippen LogP contribution in [-0.2, 0) is 0 Å². The Balaban J connectivity index is 0.00000151. The van der Waals surface area contributed by atoms with Gasteiger partial charge in [-0.05, 0) is 40.3 Å². The molecular formula is C19H41N5O. The molecule has 2 heterocycles. The fourth-order valence-corrected chi connectivity index (χ4v) is 3.60. The van der Waals surface area contributed by atoms with Crippen LogP contribution >= 0.6 is 0 Å². The molecule has 6 nitrogen and oxygen atoms in total. The summed E-state index contributed by atoms with van der Waals surface area (Å²) < 4.78 is 0. The van der Waals surface area contributed by atoms with Crippen LogP contribution in [0.15, 0.2) is 0 Å². The number of amides is 2. The van der Waals surface area contributed by atoms with E-state index in [0.717, 1.165) is 65.2 Å².